The lowest BCUT2D eigenvalue weighted by Crippen LogP contribution is -2.02. The first-order chi connectivity index (χ1) is 9.06. The molecular weight excluding hydrogens is 269 g/mol. The molecule has 5 heteroatoms. The molecule has 19 heavy (non-hydrogen) atoms. The van der Waals surface area contributed by atoms with Gasteiger partial charge in [-0.15, -0.1) is 0 Å². The molecule has 0 fully saturated rings. The second-order valence-corrected chi connectivity index (χ2v) is 4.42. The van der Waals surface area contributed by atoms with E-state index < -0.39 is 11.8 Å². The highest BCUT2D eigenvalue weighted by Gasteiger charge is 2.04. The highest BCUT2D eigenvalue weighted by Crippen LogP contribution is 2.19. The predicted octanol–water partition coefficient (Wildman–Crippen LogP) is 3.79. The van der Waals surface area contributed by atoms with E-state index in [-0.39, 0.29) is 5.56 Å². The van der Waals surface area contributed by atoms with E-state index >= 15 is 0 Å². The van der Waals surface area contributed by atoms with E-state index in [1.807, 2.05) is 0 Å². The van der Waals surface area contributed by atoms with Gasteiger partial charge in [-0.2, -0.15) is 0 Å². The van der Waals surface area contributed by atoms with Gasteiger partial charge in [-0.1, -0.05) is 23.7 Å². The van der Waals surface area contributed by atoms with Crippen LogP contribution >= 0.6 is 11.6 Å². The molecule has 0 atom stereocenters. The summed E-state index contributed by atoms with van der Waals surface area (Å²) in [5.74, 6) is -1.39. The Labute approximate surface area is 114 Å². The van der Waals surface area contributed by atoms with Crippen molar-refractivity contribution in [3.8, 4) is 0 Å². The molecule has 0 amide bonds. The Morgan fingerprint density at radius 1 is 1.21 bits per heavy atom. The number of nitrogens with one attached hydrogen (secondary N) is 1. The van der Waals surface area contributed by atoms with Crippen LogP contribution in [0.4, 0.5) is 10.1 Å². The van der Waals surface area contributed by atoms with Crippen LogP contribution in [0.3, 0.4) is 0 Å². The Bertz CT molecular complexity index is 599. The summed E-state index contributed by atoms with van der Waals surface area (Å²) in [5, 5.41) is 12.0. The average Bonchev–Trinajstić information content (AvgIpc) is 2.38. The SMILES string of the molecule is O=C(O)c1ccc(CNc2ccc(Cl)cc2F)cc1. The number of carboxylic acid groups (broad SMARTS) is 1. The fraction of sp³-hybridized carbons (Fsp3) is 0.0714. The summed E-state index contributed by atoms with van der Waals surface area (Å²) < 4.78 is 13.5. The molecule has 0 saturated carbocycles. The van der Waals surface area contributed by atoms with Crippen LogP contribution in [-0.2, 0) is 6.54 Å². The molecule has 2 aromatic carbocycles. The molecule has 0 spiro atoms. The number of carboxylic acids is 1. The third-order valence-electron chi connectivity index (χ3n) is 2.61. The Balaban J connectivity index is 2.04. The maximum absolute atomic E-state index is 13.5. The fourth-order valence-corrected chi connectivity index (χ4v) is 1.75. The predicted molar refractivity (Wildman–Crippen MR) is 72.1 cm³/mol. The van der Waals surface area contributed by atoms with E-state index in [4.69, 9.17) is 16.7 Å². The van der Waals surface area contributed by atoms with E-state index in [0.29, 0.717) is 17.3 Å². The fourth-order valence-electron chi connectivity index (χ4n) is 1.60. The molecule has 0 aliphatic heterocycles. The van der Waals surface area contributed by atoms with E-state index in [0.717, 1.165) is 5.56 Å². The van der Waals surface area contributed by atoms with Crippen molar-refractivity contribution in [2.45, 2.75) is 6.54 Å². The molecule has 2 aromatic rings. The maximum atomic E-state index is 13.5. The van der Waals surface area contributed by atoms with E-state index in [9.17, 15) is 9.18 Å². The van der Waals surface area contributed by atoms with Gasteiger partial charge < -0.3 is 10.4 Å². The first kappa shape index (κ1) is 13.4. The van der Waals surface area contributed by atoms with Gasteiger partial charge in [-0.3, -0.25) is 0 Å². The number of hydrogen-bond donors (Lipinski definition) is 2. The van der Waals surface area contributed by atoms with Gasteiger partial charge in [0.15, 0.2) is 0 Å². The zero-order chi connectivity index (χ0) is 13.8. The number of halogens is 2. The van der Waals surface area contributed by atoms with Crippen LogP contribution in [0.2, 0.25) is 5.02 Å². The highest BCUT2D eigenvalue weighted by molar-refractivity contribution is 6.30. The number of anilines is 1. The van der Waals surface area contributed by atoms with Gasteiger partial charge in [0.25, 0.3) is 0 Å². The number of benzene rings is 2. The monoisotopic (exact) mass is 279 g/mol. The normalized spacial score (nSPS) is 10.2. The number of hydrogen-bond acceptors (Lipinski definition) is 2. The molecule has 3 nitrogen and oxygen atoms in total. The minimum atomic E-state index is -0.969. The first-order valence-electron chi connectivity index (χ1n) is 5.57. The Morgan fingerprint density at radius 3 is 2.47 bits per heavy atom. The summed E-state index contributed by atoms with van der Waals surface area (Å²) in [6, 6.07) is 10.8. The molecule has 0 aromatic heterocycles. The zero-order valence-corrected chi connectivity index (χ0v) is 10.6. The molecule has 0 radical (unpaired) electrons. The average molecular weight is 280 g/mol. The molecular formula is C14H11ClFNO2. The van der Waals surface area contributed by atoms with Crippen LogP contribution in [-0.4, -0.2) is 11.1 Å². The van der Waals surface area contributed by atoms with Crippen molar-refractivity contribution >= 4 is 23.3 Å². The Hall–Kier alpha value is -2.07. The smallest absolute Gasteiger partial charge is 0.335 e. The van der Waals surface area contributed by atoms with Crippen LogP contribution in [0, 0.1) is 5.82 Å². The van der Waals surface area contributed by atoms with Gasteiger partial charge in [0, 0.05) is 11.6 Å². The summed E-state index contributed by atoms with van der Waals surface area (Å²) in [6.07, 6.45) is 0. The minimum absolute atomic E-state index is 0.224. The van der Waals surface area contributed by atoms with Crippen LogP contribution in [0.15, 0.2) is 42.5 Å². The Morgan fingerprint density at radius 2 is 1.89 bits per heavy atom. The van der Waals surface area contributed by atoms with Crippen molar-refractivity contribution < 1.29 is 14.3 Å². The number of rotatable bonds is 4. The van der Waals surface area contributed by atoms with Crippen molar-refractivity contribution in [1.82, 2.24) is 0 Å². The second-order valence-electron chi connectivity index (χ2n) is 3.98. The Kier molecular flexibility index (Phi) is 4.02. The van der Waals surface area contributed by atoms with Gasteiger partial charge in [-0.25, -0.2) is 9.18 Å². The number of aromatic carboxylic acids is 1. The molecule has 0 bridgehead atoms. The van der Waals surface area contributed by atoms with Crippen molar-refractivity contribution in [3.63, 3.8) is 0 Å². The van der Waals surface area contributed by atoms with Crippen molar-refractivity contribution in [2.24, 2.45) is 0 Å². The topological polar surface area (TPSA) is 49.3 Å². The van der Waals surface area contributed by atoms with Gasteiger partial charge in [0.1, 0.15) is 5.82 Å². The maximum Gasteiger partial charge on any atom is 0.335 e. The quantitative estimate of drug-likeness (QED) is 0.895. The van der Waals surface area contributed by atoms with E-state index in [1.165, 1.54) is 18.2 Å². The molecule has 2 rings (SSSR count). The molecule has 98 valence electrons. The van der Waals surface area contributed by atoms with Crippen LogP contribution in [0.1, 0.15) is 15.9 Å². The van der Waals surface area contributed by atoms with Crippen LogP contribution < -0.4 is 5.32 Å². The van der Waals surface area contributed by atoms with Crippen molar-refractivity contribution in [3.05, 3.63) is 64.4 Å². The lowest BCUT2D eigenvalue weighted by atomic mass is 10.1. The number of carbonyl (C=O) groups is 1. The summed E-state index contributed by atoms with van der Waals surface area (Å²) in [6.45, 7) is 0.401. The largest absolute Gasteiger partial charge is 0.478 e. The van der Waals surface area contributed by atoms with Gasteiger partial charge in [0.05, 0.1) is 11.3 Å². The lowest BCUT2D eigenvalue weighted by Gasteiger charge is -2.08. The summed E-state index contributed by atoms with van der Waals surface area (Å²) in [4.78, 5) is 10.7. The van der Waals surface area contributed by atoms with Crippen LogP contribution in [0.5, 0.6) is 0 Å². The second kappa shape index (κ2) is 5.71. The van der Waals surface area contributed by atoms with Crippen molar-refractivity contribution in [2.75, 3.05) is 5.32 Å². The summed E-state index contributed by atoms with van der Waals surface area (Å²) >= 11 is 5.66. The van der Waals surface area contributed by atoms with Gasteiger partial charge in [-0.05, 0) is 35.9 Å². The summed E-state index contributed by atoms with van der Waals surface area (Å²) in [5.41, 5.74) is 1.44. The molecule has 0 heterocycles. The molecule has 0 unspecified atom stereocenters. The summed E-state index contributed by atoms with van der Waals surface area (Å²) in [7, 11) is 0. The van der Waals surface area contributed by atoms with Crippen LogP contribution in [0.25, 0.3) is 0 Å². The van der Waals surface area contributed by atoms with Crippen molar-refractivity contribution in [1.29, 1.82) is 0 Å². The van der Waals surface area contributed by atoms with E-state index in [2.05, 4.69) is 5.32 Å². The molecule has 0 aliphatic rings. The van der Waals surface area contributed by atoms with E-state index in [1.54, 1.807) is 24.3 Å². The molecule has 2 N–H and O–H groups in total. The third kappa shape index (κ3) is 3.45. The van der Waals surface area contributed by atoms with Gasteiger partial charge in [0.2, 0.25) is 0 Å². The first-order valence-corrected chi connectivity index (χ1v) is 5.95. The minimum Gasteiger partial charge on any atom is -0.478 e. The molecule has 0 saturated heterocycles. The standard InChI is InChI=1S/C14H11ClFNO2/c15-11-5-6-13(12(16)7-11)17-8-9-1-3-10(4-2-9)14(18)19/h1-7,17H,8H2,(H,18,19). The molecule has 0 aliphatic carbocycles. The zero-order valence-electron chi connectivity index (χ0n) is 9.86. The highest BCUT2D eigenvalue weighted by atomic mass is 35.5. The third-order valence-corrected chi connectivity index (χ3v) is 2.85. The van der Waals surface area contributed by atoms with Gasteiger partial charge >= 0.3 is 5.97 Å². The lowest BCUT2D eigenvalue weighted by molar-refractivity contribution is 0.0697.